The van der Waals surface area contributed by atoms with Gasteiger partial charge in [-0.3, -0.25) is 0 Å². The van der Waals surface area contributed by atoms with E-state index >= 15 is 0 Å². The Morgan fingerprint density at radius 1 is 1.00 bits per heavy atom. The Kier molecular flexibility index (Phi) is 4.34. The highest BCUT2D eigenvalue weighted by Crippen LogP contribution is 2.29. The van der Waals surface area contributed by atoms with Gasteiger partial charge in [-0.15, -0.1) is 11.3 Å². The highest BCUT2D eigenvalue weighted by atomic mass is 32.2. The number of benzene rings is 2. The molecule has 0 radical (unpaired) electrons. The third-order valence-electron chi connectivity index (χ3n) is 2.91. The Morgan fingerprint density at radius 3 is 2.43 bits per heavy atom. The minimum Gasteiger partial charge on any atom is -0.240 e. The van der Waals surface area contributed by atoms with Gasteiger partial charge in [-0.2, -0.15) is 5.26 Å². The van der Waals surface area contributed by atoms with E-state index in [0.29, 0.717) is 6.42 Å². The van der Waals surface area contributed by atoms with Crippen LogP contribution in [-0.4, -0.2) is 4.98 Å². The predicted molar refractivity (Wildman–Crippen MR) is 87.4 cm³/mol. The number of aromatic nitrogens is 1. The number of hydrogen-bond donors (Lipinski definition) is 0. The van der Waals surface area contributed by atoms with Gasteiger partial charge in [0, 0.05) is 20.7 Å². The Morgan fingerprint density at radius 2 is 1.71 bits per heavy atom. The van der Waals surface area contributed by atoms with Crippen molar-refractivity contribution in [2.75, 3.05) is 0 Å². The lowest BCUT2D eigenvalue weighted by atomic mass is 10.2. The van der Waals surface area contributed by atoms with Crippen molar-refractivity contribution in [2.45, 2.75) is 16.2 Å². The summed E-state index contributed by atoms with van der Waals surface area (Å²) in [7, 11) is 0. The summed E-state index contributed by atoms with van der Waals surface area (Å²) in [5, 5.41) is 11.6. The van der Waals surface area contributed by atoms with Crippen LogP contribution >= 0.6 is 23.1 Å². The van der Waals surface area contributed by atoms with E-state index in [0.717, 1.165) is 16.3 Å². The van der Waals surface area contributed by atoms with Crippen molar-refractivity contribution in [1.29, 1.82) is 5.26 Å². The molecule has 1 heterocycles. The van der Waals surface area contributed by atoms with Gasteiger partial charge in [-0.25, -0.2) is 4.98 Å². The predicted octanol–water partition coefficient (Wildman–Crippen LogP) is 5.03. The molecule has 0 saturated carbocycles. The van der Waals surface area contributed by atoms with Crippen LogP contribution in [-0.2, 0) is 6.42 Å². The van der Waals surface area contributed by atoms with Gasteiger partial charge in [0.1, 0.15) is 5.01 Å². The first-order valence-electron chi connectivity index (χ1n) is 6.50. The second-order valence-corrected chi connectivity index (χ2v) is 6.49. The van der Waals surface area contributed by atoms with Gasteiger partial charge in [0.15, 0.2) is 0 Å². The molecule has 0 aliphatic carbocycles. The molecular weight excluding hydrogens is 296 g/mol. The van der Waals surface area contributed by atoms with Gasteiger partial charge in [0.25, 0.3) is 0 Å². The summed E-state index contributed by atoms with van der Waals surface area (Å²) in [6, 6.07) is 20.8. The Hall–Kier alpha value is -2.09. The lowest BCUT2D eigenvalue weighted by Gasteiger charge is -2.02. The molecule has 2 aromatic carbocycles. The average molecular weight is 308 g/mol. The fourth-order valence-electron chi connectivity index (χ4n) is 1.91. The van der Waals surface area contributed by atoms with Gasteiger partial charge in [0.05, 0.1) is 18.2 Å². The van der Waals surface area contributed by atoms with Crippen LogP contribution in [0.15, 0.2) is 69.8 Å². The van der Waals surface area contributed by atoms with Crippen molar-refractivity contribution < 1.29 is 0 Å². The van der Waals surface area contributed by atoms with E-state index in [4.69, 9.17) is 5.26 Å². The summed E-state index contributed by atoms with van der Waals surface area (Å²) in [5.41, 5.74) is 2.04. The van der Waals surface area contributed by atoms with Crippen molar-refractivity contribution in [3.63, 3.8) is 0 Å². The number of thiazole rings is 1. The topological polar surface area (TPSA) is 36.7 Å². The second-order valence-electron chi connectivity index (χ2n) is 4.40. The van der Waals surface area contributed by atoms with Crippen LogP contribution in [0.5, 0.6) is 0 Å². The third-order valence-corrected chi connectivity index (χ3v) is 4.78. The smallest absolute Gasteiger partial charge is 0.107 e. The summed E-state index contributed by atoms with van der Waals surface area (Å²) in [5.74, 6) is 0. The molecule has 0 aliphatic rings. The average Bonchev–Trinajstić information content (AvgIpc) is 2.98. The molecule has 102 valence electrons. The minimum atomic E-state index is 0.382. The highest BCUT2D eigenvalue weighted by Gasteiger charge is 2.05. The van der Waals surface area contributed by atoms with Crippen molar-refractivity contribution in [3.05, 3.63) is 65.0 Å². The SMILES string of the molecule is N#CCc1nc(-c2ccc(Sc3ccccc3)cc2)cs1. The second kappa shape index (κ2) is 6.57. The zero-order chi connectivity index (χ0) is 14.5. The number of nitrogens with zero attached hydrogens (tertiary/aromatic N) is 2. The van der Waals surface area contributed by atoms with Crippen LogP contribution in [0.1, 0.15) is 5.01 Å². The fraction of sp³-hybridized carbons (Fsp3) is 0.0588. The molecule has 1 aromatic heterocycles. The van der Waals surface area contributed by atoms with Gasteiger partial charge >= 0.3 is 0 Å². The van der Waals surface area contributed by atoms with Gasteiger partial charge in [0.2, 0.25) is 0 Å². The molecule has 0 aliphatic heterocycles. The first-order chi connectivity index (χ1) is 10.3. The summed E-state index contributed by atoms with van der Waals surface area (Å²) >= 11 is 3.28. The Labute approximate surface area is 132 Å². The fourth-order valence-corrected chi connectivity index (χ4v) is 3.48. The van der Waals surface area contributed by atoms with E-state index in [-0.39, 0.29) is 0 Å². The first kappa shape index (κ1) is 13.9. The highest BCUT2D eigenvalue weighted by molar-refractivity contribution is 7.99. The minimum absolute atomic E-state index is 0.382. The van der Waals surface area contributed by atoms with Crippen LogP contribution in [0, 0.1) is 11.3 Å². The standard InChI is InChI=1S/C17H12N2S2/c18-11-10-17-19-16(12-20-17)13-6-8-15(9-7-13)21-14-4-2-1-3-5-14/h1-9,12H,10H2. The molecule has 0 N–H and O–H groups in total. The van der Waals surface area contributed by atoms with Crippen LogP contribution in [0.2, 0.25) is 0 Å². The van der Waals surface area contributed by atoms with E-state index in [1.165, 1.54) is 21.1 Å². The van der Waals surface area contributed by atoms with Gasteiger partial charge in [-0.1, -0.05) is 42.1 Å². The van der Waals surface area contributed by atoms with Crippen LogP contribution in [0.25, 0.3) is 11.3 Å². The number of rotatable bonds is 4. The first-order valence-corrected chi connectivity index (χ1v) is 8.19. The molecule has 2 nitrogen and oxygen atoms in total. The van der Waals surface area contributed by atoms with E-state index in [9.17, 15) is 0 Å². The molecule has 0 saturated heterocycles. The number of nitriles is 1. The molecule has 3 rings (SSSR count). The van der Waals surface area contributed by atoms with Crippen molar-refractivity contribution in [1.82, 2.24) is 4.98 Å². The van der Waals surface area contributed by atoms with E-state index < -0.39 is 0 Å². The molecule has 0 fully saturated rings. The van der Waals surface area contributed by atoms with Crippen molar-refractivity contribution in [3.8, 4) is 17.3 Å². The van der Waals surface area contributed by atoms with Crippen molar-refractivity contribution >= 4 is 23.1 Å². The normalized spacial score (nSPS) is 10.2. The van der Waals surface area contributed by atoms with E-state index in [2.05, 4.69) is 47.5 Å². The zero-order valence-electron chi connectivity index (χ0n) is 11.2. The van der Waals surface area contributed by atoms with Crippen molar-refractivity contribution in [2.24, 2.45) is 0 Å². The molecule has 0 atom stereocenters. The lowest BCUT2D eigenvalue weighted by molar-refractivity contribution is 1.19. The van der Waals surface area contributed by atoms with E-state index in [1.807, 2.05) is 23.6 Å². The van der Waals surface area contributed by atoms with Gasteiger partial charge in [-0.05, 0) is 24.3 Å². The van der Waals surface area contributed by atoms with Crippen LogP contribution in [0.3, 0.4) is 0 Å². The largest absolute Gasteiger partial charge is 0.240 e. The summed E-state index contributed by atoms with van der Waals surface area (Å²) in [4.78, 5) is 6.91. The molecule has 0 bridgehead atoms. The summed E-state index contributed by atoms with van der Waals surface area (Å²) in [6.45, 7) is 0. The molecule has 3 aromatic rings. The Balaban J connectivity index is 1.76. The summed E-state index contributed by atoms with van der Waals surface area (Å²) in [6.07, 6.45) is 0.382. The zero-order valence-corrected chi connectivity index (χ0v) is 12.8. The van der Waals surface area contributed by atoms with Crippen LogP contribution < -0.4 is 0 Å². The quantitative estimate of drug-likeness (QED) is 0.678. The molecule has 4 heteroatoms. The molecule has 0 spiro atoms. The van der Waals surface area contributed by atoms with Crippen LogP contribution in [0.4, 0.5) is 0 Å². The maximum absolute atomic E-state index is 8.69. The monoisotopic (exact) mass is 308 g/mol. The Bertz CT molecular complexity index is 755. The van der Waals surface area contributed by atoms with Gasteiger partial charge < -0.3 is 0 Å². The molecular formula is C17H12N2S2. The molecule has 0 unspecified atom stereocenters. The molecule has 0 amide bonds. The van der Waals surface area contributed by atoms with E-state index in [1.54, 1.807) is 11.8 Å². The maximum Gasteiger partial charge on any atom is 0.107 e. The maximum atomic E-state index is 8.69. The third kappa shape index (κ3) is 3.52. The molecule has 21 heavy (non-hydrogen) atoms. The summed E-state index contributed by atoms with van der Waals surface area (Å²) < 4.78 is 0. The lowest BCUT2D eigenvalue weighted by Crippen LogP contribution is -1.82. The number of hydrogen-bond acceptors (Lipinski definition) is 4.